The molecule has 1 aromatic heterocycles. The summed E-state index contributed by atoms with van der Waals surface area (Å²) < 4.78 is 202. The Bertz CT molecular complexity index is 4080. The second kappa shape index (κ2) is 17.0. The third-order valence-corrected chi connectivity index (χ3v) is 10.3. The van der Waals surface area contributed by atoms with E-state index in [9.17, 15) is 87.8 Å². The fraction of sp³-hybridized carbons (Fsp3) is 0. The Morgan fingerprint density at radius 3 is 0.972 bits per heavy atom. The molecule has 5 aromatic carbocycles. The molecule has 0 saturated carbocycles. The first-order chi connectivity index (χ1) is 34.3. The van der Waals surface area contributed by atoms with Crippen LogP contribution in [0.1, 0.15) is 28.1 Å². The van der Waals surface area contributed by atoms with E-state index in [0.717, 1.165) is 24.3 Å². The Morgan fingerprint density at radius 2 is 0.639 bits per heavy atom. The molecule has 0 bridgehead atoms. The zero-order chi connectivity index (χ0) is 51.9. The maximum atomic E-state index is 14.9. The van der Waals surface area contributed by atoms with Crippen molar-refractivity contribution in [2.75, 3.05) is 0 Å². The molecular weight excluding hydrogens is 991 g/mol. The lowest BCUT2D eigenvalue weighted by atomic mass is 10.0. The van der Waals surface area contributed by atoms with Crippen LogP contribution in [0.5, 0.6) is 0 Å². The second-order valence-corrected chi connectivity index (χ2v) is 14.2. The minimum atomic E-state index is -2.56. The molecule has 0 spiro atoms. The van der Waals surface area contributed by atoms with Crippen LogP contribution in [-0.4, -0.2) is 15.0 Å². The zero-order valence-corrected chi connectivity index (χ0v) is 33.9. The van der Waals surface area contributed by atoms with E-state index in [0.29, 0.717) is 0 Å². The Labute approximate surface area is 385 Å². The van der Waals surface area contributed by atoms with Crippen molar-refractivity contribution in [1.82, 2.24) is 15.0 Å². The minimum Gasteiger partial charge on any atom is -0.226 e. The van der Waals surface area contributed by atoms with Gasteiger partial charge < -0.3 is 0 Å². The monoisotopic (exact) mass is 994 g/mol. The van der Waals surface area contributed by atoms with E-state index in [4.69, 9.17) is 0 Å². The van der Waals surface area contributed by atoms with Crippen LogP contribution in [-0.2, 0) is 0 Å². The smallest absolute Gasteiger partial charge is 0.200 e. The Kier molecular flexibility index (Phi) is 11.0. The SMILES string of the molecule is N#CC(=C1N=c2c(F)c(F)c(F)c(F)c2=N1)c1nc(-c2ccc3c(c2C#N)=N/C(=C(\C#N)c2c(F)c(F)c(F)c(F)c2F)N=3)nc(-c2ccc3c(c2C#N)=N/C(=C(\C#N)c2c(F)c(F)c(F)c(F)c2F)N=3)n1. The van der Waals surface area contributed by atoms with Crippen LogP contribution in [0.25, 0.3) is 39.5 Å². The van der Waals surface area contributed by atoms with Crippen molar-refractivity contribution < 1.29 is 61.5 Å². The highest BCUT2D eigenvalue weighted by Gasteiger charge is 2.33. The van der Waals surface area contributed by atoms with Crippen molar-refractivity contribution >= 4 is 16.7 Å². The number of nitriles is 5. The van der Waals surface area contributed by atoms with E-state index < -0.39 is 188 Å². The van der Waals surface area contributed by atoms with Crippen molar-refractivity contribution in [2.45, 2.75) is 0 Å². The van der Waals surface area contributed by atoms with Gasteiger partial charge in [-0.1, -0.05) is 0 Å². The zero-order valence-electron chi connectivity index (χ0n) is 33.9. The first-order valence-electron chi connectivity index (χ1n) is 18.9. The first kappa shape index (κ1) is 46.7. The van der Waals surface area contributed by atoms with Crippen LogP contribution in [0.3, 0.4) is 0 Å². The van der Waals surface area contributed by atoms with E-state index in [1.165, 1.54) is 12.1 Å². The molecule has 72 heavy (non-hydrogen) atoms. The molecule has 14 nitrogen and oxygen atoms in total. The van der Waals surface area contributed by atoms with Crippen molar-refractivity contribution in [3.8, 4) is 53.1 Å². The molecule has 3 aliphatic rings. The van der Waals surface area contributed by atoms with Crippen molar-refractivity contribution in [1.29, 1.82) is 26.3 Å². The molecular formula is C44H4F14N14. The van der Waals surface area contributed by atoms with E-state index in [-0.39, 0.29) is 10.7 Å². The highest BCUT2D eigenvalue weighted by molar-refractivity contribution is 5.82. The third kappa shape index (κ3) is 6.79. The molecule has 0 amide bonds. The van der Waals surface area contributed by atoms with Gasteiger partial charge >= 0.3 is 0 Å². The topological polar surface area (TPSA) is 232 Å². The Hall–Kier alpha value is -10.4. The molecule has 0 N–H and O–H groups in total. The molecule has 6 aromatic rings. The fourth-order valence-electron chi connectivity index (χ4n) is 7.05. The van der Waals surface area contributed by atoms with Gasteiger partial charge in [0.25, 0.3) is 0 Å². The third-order valence-electron chi connectivity index (χ3n) is 10.3. The molecule has 0 aliphatic carbocycles. The summed E-state index contributed by atoms with van der Waals surface area (Å²) in [4.78, 5) is 35.4. The highest BCUT2D eigenvalue weighted by atomic mass is 19.2. The first-order valence-corrected chi connectivity index (χ1v) is 18.9. The predicted molar refractivity (Wildman–Crippen MR) is 203 cm³/mol. The van der Waals surface area contributed by atoms with Crippen LogP contribution < -0.4 is 32.1 Å². The van der Waals surface area contributed by atoms with E-state index >= 15 is 0 Å². The number of nitrogens with zero attached hydrogens (tertiary/aromatic N) is 14. The van der Waals surface area contributed by atoms with E-state index in [2.05, 4.69) is 44.9 Å². The Balaban J connectivity index is 1.31. The summed E-state index contributed by atoms with van der Waals surface area (Å²) in [5, 5.41) is 46.7. The van der Waals surface area contributed by atoms with Gasteiger partial charge in [-0.2, -0.15) is 26.3 Å². The summed E-state index contributed by atoms with van der Waals surface area (Å²) in [5.74, 6) is -38.7. The van der Waals surface area contributed by atoms with E-state index in [1.807, 2.05) is 0 Å². The number of halogens is 14. The average molecular weight is 995 g/mol. The van der Waals surface area contributed by atoms with Gasteiger partial charge in [0.05, 0.1) is 33.0 Å². The summed E-state index contributed by atoms with van der Waals surface area (Å²) in [7, 11) is 0. The van der Waals surface area contributed by atoms with Crippen LogP contribution in [0.4, 0.5) is 61.5 Å². The number of allylic oxidation sites excluding steroid dienone is 3. The van der Waals surface area contributed by atoms with Crippen molar-refractivity contribution in [3.05, 3.63) is 183 Å². The molecule has 3 aliphatic heterocycles. The lowest BCUT2D eigenvalue weighted by Crippen LogP contribution is -2.32. The predicted octanol–water partition coefficient (Wildman–Crippen LogP) is 5.33. The molecule has 0 fully saturated rings. The quantitative estimate of drug-likeness (QED) is 0.0946. The number of hydrogen-bond donors (Lipinski definition) is 0. The largest absolute Gasteiger partial charge is 0.226 e. The molecule has 0 unspecified atom stereocenters. The standard InChI is InChI=1S/C44H4F14N14/c45-21-19(22(46)26(50)29(53)25(21)49)14(7-61)41-64-17-3-1-10(12(5-59)35(17)66-41)39-70-40(72-44(71-39)16(9-63)43-68-37-33(57)31(55)32(56)34(58)38(37)69-43)11-2-4-18-36(13(11)6-60)67-42(65-18)15(8-62)20-23(47)27(51)30(54)28(52)24(20)48/h1-4H/b41-14+,42-15+. The van der Waals surface area contributed by atoms with Gasteiger partial charge in [0.1, 0.15) is 68.5 Å². The number of rotatable bonds is 5. The number of hydrogen-bond acceptors (Lipinski definition) is 14. The molecule has 0 atom stereocenters. The summed E-state index contributed by atoms with van der Waals surface area (Å²) in [6.45, 7) is 0. The summed E-state index contributed by atoms with van der Waals surface area (Å²) in [6, 6.07) is 11.5. The van der Waals surface area contributed by atoms with Crippen molar-refractivity contribution in [3.63, 3.8) is 0 Å². The van der Waals surface area contributed by atoms with Gasteiger partial charge in [-0.25, -0.2) is 106 Å². The van der Waals surface area contributed by atoms with Crippen LogP contribution >= 0.6 is 0 Å². The number of benzene rings is 5. The summed E-state index contributed by atoms with van der Waals surface area (Å²) in [5.41, 5.74) is -9.28. The molecule has 0 saturated heterocycles. The number of aromatic nitrogens is 3. The van der Waals surface area contributed by atoms with Gasteiger partial charge in [0.15, 0.2) is 105 Å². The lowest BCUT2D eigenvalue weighted by Gasteiger charge is -2.09. The molecule has 0 radical (unpaired) electrons. The molecule has 28 heteroatoms. The summed E-state index contributed by atoms with van der Waals surface area (Å²) in [6.07, 6.45) is 0. The van der Waals surface area contributed by atoms with Gasteiger partial charge in [0, 0.05) is 11.1 Å². The Morgan fingerprint density at radius 1 is 0.333 bits per heavy atom. The van der Waals surface area contributed by atoms with Gasteiger partial charge in [-0.15, -0.1) is 0 Å². The van der Waals surface area contributed by atoms with Gasteiger partial charge in [-0.05, 0) is 24.3 Å². The maximum absolute atomic E-state index is 14.9. The second-order valence-electron chi connectivity index (χ2n) is 14.2. The van der Waals surface area contributed by atoms with E-state index in [1.54, 1.807) is 18.2 Å². The molecule has 4 heterocycles. The summed E-state index contributed by atoms with van der Waals surface area (Å²) >= 11 is 0. The van der Waals surface area contributed by atoms with Crippen LogP contribution in [0.2, 0.25) is 0 Å². The molecule has 348 valence electrons. The van der Waals surface area contributed by atoms with Crippen LogP contribution in [0, 0.1) is 138 Å². The minimum absolute atomic E-state index is 0.372. The fourth-order valence-corrected chi connectivity index (χ4v) is 7.05. The van der Waals surface area contributed by atoms with Gasteiger partial charge in [0.2, 0.25) is 11.6 Å². The average Bonchev–Trinajstić information content (AvgIpc) is 4.15. The lowest BCUT2D eigenvalue weighted by molar-refractivity contribution is 0.376. The van der Waals surface area contributed by atoms with Crippen LogP contribution in [0.15, 0.2) is 71.7 Å². The highest BCUT2D eigenvalue weighted by Crippen LogP contribution is 2.34. The number of fused-ring (bicyclic) bond motifs is 3. The van der Waals surface area contributed by atoms with Crippen molar-refractivity contribution in [2.24, 2.45) is 30.0 Å². The maximum Gasteiger partial charge on any atom is 0.200 e. The normalized spacial score (nSPS) is 14.0. The molecule has 9 rings (SSSR count). The van der Waals surface area contributed by atoms with Gasteiger partial charge in [-0.3, -0.25) is 0 Å².